The molecule has 0 aliphatic carbocycles. The molecule has 1 atom stereocenters. The fraction of sp³-hybridized carbons (Fsp3) is 0.278. The molecule has 134 valence electrons. The van der Waals surface area contributed by atoms with E-state index in [-0.39, 0.29) is 11.4 Å². The van der Waals surface area contributed by atoms with Crippen LogP contribution in [0.4, 0.5) is 5.82 Å². The molecule has 1 aromatic heterocycles. The topological polar surface area (TPSA) is 115 Å². The lowest BCUT2D eigenvalue weighted by Crippen LogP contribution is -2.43. The average Bonchev–Trinajstić information content (AvgIpc) is 2.63. The molecule has 1 aromatic carbocycles. The zero-order valence-corrected chi connectivity index (χ0v) is 15.0. The molecule has 0 fully saturated rings. The lowest BCUT2D eigenvalue weighted by Gasteiger charge is -2.28. The van der Waals surface area contributed by atoms with Crippen molar-refractivity contribution in [1.29, 1.82) is 5.26 Å². The normalized spacial score (nSPS) is 15.9. The molecule has 8 heteroatoms. The monoisotopic (exact) mass is 353 g/mol. The number of rotatable bonds is 2. The molecular weight excluding hydrogens is 334 g/mol. The second-order valence-electron chi connectivity index (χ2n) is 6.19. The molecule has 1 aliphatic heterocycles. The van der Waals surface area contributed by atoms with Crippen molar-refractivity contribution >= 4 is 5.82 Å². The van der Waals surface area contributed by atoms with Gasteiger partial charge in [0.15, 0.2) is 0 Å². The first-order valence-electron chi connectivity index (χ1n) is 7.93. The number of methoxy groups -OCH3 is 1. The highest BCUT2D eigenvalue weighted by atomic mass is 16.5. The van der Waals surface area contributed by atoms with Crippen LogP contribution in [0, 0.1) is 18.3 Å². The summed E-state index contributed by atoms with van der Waals surface area (Å²) < 4.78 is 7.63. The predicted molar refractivity (Wildman–Crippen MR) is 96.9 cm³/mol. The van der Waals surface area contributed by atoms with E-state index in [1.54, 1.807) is 26.3 Å². The van der Waals surface area contributed by atoms with Crippen LogP contribution in [0.25, 0.3) is 0 Å². The number of hydrogen-bond acceptors (Lipinski definition) is 6. The van der Waals surface area contributed by atoms with E-state index < -0.39 is 17.2 Å². The Morgan fingerprint density at radius 2 is 1.96 bits per heavy atom. The van der Waals surface area contributed by atoms with Gasteiger partial charge >= 0.3 is 5.69 Å². The second-order valence-corrected chi connectivity index (χ2v) is 6.19. The number of ether oxygens (including phenoxy) is 1. The summed E-state index contributed by atoms with van der Waals surface area (Å²) in [6, 6.07) is 7.53. The molecule has 2 aromatic rings. The van der Waals surface area contributed by atoms with E-state index in [0.29, 0.717) is 17.1 Å². The molecule has 0 saturated heterocycles. The van der Waals surface area contributed by atoms with Crippen molar-refractivity contribution in [2.45, 2.75) is 12.8 Å². The van der Waals surface area contributed by atoms with Gasteiger partial charge in [0.1, 0.15) is 17.4 Å². The van der Waals surface area contributed by atoms with E-state index in [0.717, 1.165) is 15.7 Å². The molecule has 0 spiro atoms. The first-order valence-corrected chi connectivity index (χ1v) is 7.93. The summed E-state index contributed by atoms with van der Waals surface area (Å²) in [6.45, 7) is 1.88. The van der Waals surface area contributed by atoms with Crippen LogP contribution >= 0.6 is 0 Å². The lowest BCUT2D eigenvalue weighted by atomic mass is 9.83. The Bertz CT molecular complexity index is 1100. The van der Waals surface area contributed by atoms with Gasteiger partial charge in [0.05, 0.1) is 30.2 Å². The van der Waals surface area contributed by atoms with Crippen molar-refractivity contribution in [3.05, 3.63) is 67.1 Å². The lowest BCUT2D eigenvalue weighted by molar-refractivity contribution is 0.411. The van der Waals surface area contributed by atoms with Gasteiger partial charge in [-0.25, -0.2) is 4.79 Å². The minimum atomic E-state index is -0.675. The van der Waals surface area contributed by atoms with Crippen molar-refractivity contribution in [3.8, 4) is 11.8 Å². The summed E-state index contributed by atoms with van der Waals surface area (Å²) in [5, 5.41) is 12.5. The zero-order valence-electron chi connectivity index (χ0n) is 15.0. The predicted octanol–water partition coefficient (Wildman–Crippen LogP) is 0.652. The van der Waals surface area contributed by atoms with Crippen LogP contribution in [0.1, 0.15) is 22.6 Å². The molecular formula is C18H19N5O3. The number of benzene rings is 1. The average molecular weight is 353 g/mol. The highest BCUT2D eigenvalue weighted by molar-refractivity contribution is 5.64. The van der Waals surface area contributed by atoms with Crippen LogP contribution < -0.4 is 27.0 Å². The Kier molecular flexibility index (Phi) is 4.08. The minimum absolute atomic E-state index is 0.127. The number of hydrogen-bond donors (Lipinski definition) is 2. The number of nitrogens with two attached hydrogens (primary N) is 1. The maximum atomic E-state index is 12.9. The Hall–Kier alpha value is -3.47. The molecule has 3 rings (SSSR count). The molecule has 2 heterocycles. The van der Waals surface area contributed by atoms with Crippen LogP contribution in [0.5, 0.6) is 5.75 Å². The quantitative estimate of drug-likeness (QED) is 0.819. The number of anilines is 1. The minimum Gasteiger partial charge on any atom is -0.496 e. The number of nitrogens with zero attached hydrogens (tertiary/aromatic N) is 3. The van der Waals surface area contributed by atoms with Gasteiger partial charge in [-0.05, 0) is 24.1 Å². The van der Waals surface area contributed by atoms with E-state index in [4.69, 9.17) is 10.5 Å². The van der Waals surface area contributed by atoms with Gasteiger partial charge < -0.3 is 15.8 Å². The maximum Gasteiger partial charge on any atom is 0.332 e. The summed E-state index contributed by atoms with van der Waals surface area (Å²) >= 11 is 0. The van der Waals surface area contributed by atoms with Crippen LogP contribution in [-0.2, 0) is 14.1 Å². The zero-order chi connectivity index (χ0) is 19.2. The third-order valence-electron chi connectivity index (χ3n) is 4.69. The van der Waals surface area contributed by atoms with Gasteiger partial charge in [-0.2, -0.15) is 5.26 Å². The summed E-state index contributed by atoms with van der Waals surface area (Å²) in [6.07, 6.45) is 0. The Morgan fingerprint density at radius 3 is 2.54 bits per heavy atom. The van der Waals surface area contributed by atoms with Crippen LogP contribution in [-0.4, -0.2) is 16.2 Å². The van der Waals surface area contributed by atoms with Crippen molar-refractivity contribution in [2.24, 2.45) is 19.8 Å². The summed E-state index contributed by atoms with van der Waals surface area (Å²) in [4.78, 5) is 25.1. The molecule has 1 aliphatic rings. The standard InChI is InChI=1S/C18H19N5O3/c1-9-7-10(5-6-12(9)26-4)13-11(8-19)15(20)21-16-14(13)17(24)23(3)18(25)22(16)2/h5-7,13,21H,20H2,1-4H3/t13-/m1/s1. The van der Waals surface area contributed by atoms with Crippen molar-refractivity contribution in [2.75, 3.05) is 12.4 Å². The molecule has 26 heavy (non-hydrogen) atoms. The molecule has 3 N–H and O–H groups in total. The van der Waals surface area contributed by atoms with Crippen molar-refractivity contribution in [1.82, 2.24) is 9.13 Å². The van der Waals surface area contributed by atoms with Gasteiger partial charge in [-0.15, -0.1) is 0 Å². The third-order valence-corrected chi connectivity index (χ3v) is 4.69. The third kappa shape index (κ3) is 2.37. The van der Waals surface area contributed by atoms with Gasteiger partial charge in [0.2, 0.25) is 0 Å². The Labute approximate surface area is 149 Å². The maximum absolute atomic E-state index is 12.9. The van der Waals surface area contributed by atoms with Crippen LogP contribution in [0.15, 0.2) is 39.2 Å². The summed E-state index contributed by atoms with van der Waals surface area (Å²) in [7, 11) is 4.54. The second kappa shape index (κ2) is 6.11. The fourth-order valence-corrected chi connectivity index (χ4v) is 3.32. The Morgan fingerprint density at radius 1 is 1.27 bits per heavy atom. The SMILES string of the molecule is COc1ccc([C@@H]2C(C#N)=C(N)Nc3c2c(=O)n(C)c(=O)n3C)cc1C. The molecule has 0 radical (unpaired) electrons. The van der Waals surface area contributed by atoms with Gasteiger partial charge in [0.25, 0.3) is 5.56 Å². The van der Waals surface area contributed by atoms with Crippen molar-refractivity contribution in [3.63, 3.8) is 0 Å². The molecule has 0 unspecified atom stereocenters. The smallest absolute Gasteiger partial charge is 0.332 e. The first kappa shape index (κ1) is 17.4. The summed E-state index contributed by atoms with van der Waals surface area (Å²) in [5.74, 6) is 0.452. The summed E-state index contributed by atoms with van der Waals surface area (Å²) in [5.41, 5.74) is 7.22. The highest BCUT2D eigenvalue weighted by Crippen LogP contribution is 2.39. The van der Waals surface area contributed by atoms with Gasteiger partial charge in [0, 0.05) is 14.1 Å². The molecule has 0 bridgehead atoms. The fourth-order valence-electron chi connectivity index (χ4n) is 3.32. The van der Waals surface area contributed by atoms with Crippen molar-refractivity contribution < 1.29 is 4.74 Å². The van der Waals surface area contributed by atoms with E-state index in [9.17, 15) is 14.9 Å². The number of nitrogens with one attached hydrogen (secondary N) is 1. The van der Waals surface area contributed by atoms with E-state index in [1.165, 1.54) is 11.6 Å². The number of aromatic nitrogens is 2. The molecule has 0 amide bonds. The molecule has 8 nitrogen and oxygen atoms in total. The van der Waals surface area contributed by atoms with Crippen LogP contribution in [0.2, 0.25) is 0 Å². The van der Waals surface area contributed by atoms with Gasteiger partial charge in [-0.1, -0.05) is 12.1 Å². The van der Waals surface area contributed by atoms with E-state index in [1.807, 2.05) is 13.0 Å². The Balaban J connectivity index is 2.39. The van der Waals surface area contributed by atoms with Crippen LogP contribution in [0.3, 0.4) is 0 Å². The molecule has 0 saturated carbocycles. The number of allylic oxidation sites excluding steroid dienone is 1. The largest absolute Gasteiger partial charge is 0.496 e. The van der Waals surface area contributed by atoms with Gasteiger partial charge in [-0.3, -0.25) is 13.9 Å². The number of aryl methyl sites for hydroxylation is 1. The first-order chi connectivity index (χ1) is 12.3. The van der Waals surface area contributed by atoms with E-state index in [2.05, 4.69) is 11.4 Å². The highest BCUT2D eigenvalue weighted by Gasteiger charge is 2.34. The number of fused-ring (bicyclic) bond motifs is 1. The number of nitriles is 1. The van der Waals surface area contributed by atoms with E-state index >= 15 is 0 Å².